The van der Waals surface area contributed by atoms with E-state index in [9.17, 15) is 9.18 Å². The van der Waals surface area contributed by atoms with Gasteiger partial charge in [-0.1, -0.05) is 31.4 Å². The van der Waals surface area contributed by atoms with Crippen molar-refractivity contribution in [1.82, 2.24) is 35.1 Å². The highest BCUT2D eigenvalue weighted by Gasteiger charge is 2.19. The van der Waals surface area contributed by atoms with E-state index >= 15 is 0 Å². The highest BCUT2D eigenvalue weighted by Crippen LogP contribution is 2.32. The number of aromatic nitrogens is 7. The number of nitrogens with one attached hydrogen (secondary N) is 3. The van der Waals surface area contributed by atoms with Crippen molar-refractivity contribution in [2.45, 2.75) is 38.5 Å². The third kappa shape index (κ3) is 5.04. The summed E-state index contributed by atoms with van der Waals surface area (Å²) in [5, 5.41) is 11.4. The van der Waals surface area contributed by atoms with Crippen molar-refractivity contribution < 1.29 is 9.18 Å². The number of halogens is 1. The standard InChI is InChI=1S/C31H27FN8O/c32-21-8-6-19(7-9-21)23-10-11-34-30-28(23)37-31(38-30)29-24-14-25(35-17-26(24)39-40-29)20-13-22(16-33-15-20)36-27(41)12-18-4-2-1-3-5-18/h6-11,13-18H,1-5,12H2,(H,36,41)(H,39,40)(H,34,37,38). The van der Waals surface area contributed by atoms with Gasteiger partial charge in [-0.2, -0.15) is 5.10 Å². The summed E-state index contributed by atoms with van der Waals surface area (Å²) in [4.78, 5) is 34.2. The van der Waals surface area contributed by atoms with Crippen molar-refractivity contribution in [3.05, 3.63) is 73.1 Å². The number of anilines is 1. The molecule has 5 heterocycles. The molecule has 0 spiro atoms. The van der Waals surface area contributed by atoms with Gasteiger partial charge < -0.3 is 10.3 Å². The maximum Gasteiger partial charge on any atom is 0.224 e. The van der Waals surface area contributed by atoms with Crippen LogP contribution in [0.5, 0.6) is 0 Å². The van der Waals surface area contributed by atoms with Crippen LogP contribution in [0.3, 0.4) is 0 Å². The van der Waals surface area contributed by atoms with Gasteiger partial charge in [0.05, 0.1) is 29.3 Å². The summed E-state index contributed by atoms with van der Waals surface area (Å²) in [5.41, 5.74) is 6.44. The zero-order valence-corrected chi connectivity index (χ0v) is 22.2. The topological polar surface area (TPSA) is 125 Å². The molecule has 9 nitrogen and oxygen atoms in total. The number of amides is 1. The normalized spacial score (nSPS) is 14.1. The number of H-pyrrole nitrogens is 2. The van der Waals surface area contributed by atoms with Crippen molar-refractivity contribution >= 4 is 33.7 Å². The Hall–Kier alpha value is -4.99. The lowest BCUT2D eigenvalue weighted by molar-refractivity contribution is -0.117. The minimum atomic E-state index is -0.295. The monoisotopic (exact) mass is 546 g/mol. The second-order valence-electron chi connectivity index (χ2n) is 10.6. The second kappa shape index (κ2) is 10.5. The zero-order valence-electron chi connectivity index (χ0n) is 22.2. The number of nitrogens with zero attached hydrogens (tertiary/aromatic N) is 5. The van der Waals surface area contributed by atoms with Gasteiger partial charge in [0.25, 0.3) is 0 Å². The van der Waals surface area contributed by atoms with Crippen LogP contribution in [-0.2, 0) is 4.79 Å². The van der Waals surface area contributed by atoms with Crippen LogP contribution in [-0.4, -0.2) is 41.0 Å². The summed E-state index contributed by atoms with van der Waals surface area (Å²) in [7, 11) is 0. The molecule has 7 rings (SSSR count). The van der Waals surface area contributed by atoms with Crippen LogP contribution in [0.15, 0.2) is 67.3 Å². The fourth-order valence-electron chi connectivity index (χ4n) is 5.65. The fraction of sp³-hybridized carbons (Fsp3) is 0.226. The summed E-state index contributed by atoms with van der Waals surface area (Å²) in [6, 6.07) is 12.0. The number of rotatable bonds is 6. The van der Waals surface area contributed by atoms with Gasteiger partial charge in [0.15, 0.2) is 11.5 Å². The molecule has 1 aliphatic carbocycles. The molecule has 1 aliphatic rings. The Balaban J connectivity index is 1.19. The number of benzene rings is 1. The Morgan fingerprint density at radius 1 is 0.976 bits per heavy atom. The molecule has 0 unspecified atom stereocenters. The van der Waals surface area contributed by atoms with Crippen molar-refractivity contribution in [2.75, 3.05) is 5.32 Å². The predicted molar refractivity (Wildman–Crippen MR) is 155 cm³/mol. The predicted octanol–water partition coefficient (Wildman–Crippen LogP) is 6.67. The van der Waals surface area contributed by atoms with Crippen LogP contribution in [0, 0.1) is 11.7 Å². The highest BCUT2D eigenvalue weighted by atomic mass is 19.1. The Labute approximate surface area is 234 Å². The maximum atomic E-state index is 13.5. The van der Waals surface area contributed by atoms with Gasteiger partial charge in [-0.15, -0.1) is 0 Å². The van der Waals surface area contributed by atoms with E-state index in [1.165, 1.54) is 31.4 Å². The minimum Gasteiger partial charge on any atom is -0.325 e. The number of aromatic amines is 2. The molecule has 10 heteroatoms. The number of fused-ring (bicyclic) bond motifs is 2. The van der Waals surface area contributed by atoms with E-state index in [-0.39, 0.29) is 11.7 Å². The Morgan fingerprint density at radius 3 is 2.68 bits per heavy atom. The zero-order chi connectivity index (χ0) is 27.8. The van der Waals surface area contributed by atoms with E-state index in [0.29, 0.717) is 46.4 Å². The van der Waals surface area contributed by atoms with Crippen LogP contribution in [0.4, 0.5) is 10.1 Å². The number of hydrogen-bond acceptors (Lipinski definition) is 6. The van der Waals surface area contributed by atoms with E-state index in [4.69, 9.17) is 4.98 Å². The highest BCUT2D eigenvalue weighted by molar-refractivity contribution is 5.97. The number of carbonyl (C=O) groups is 1. The van der Waals surface area contributed by atoms with Crippen molar-refractivity contribution in [3.63, 3.8) is 0 Å². The minimum absolute atomic E-state index is 0.0230. The van der Waals surface area contributed by atoms with Crippen LogP contribution < -0.4 is 5.32 Å². The number of pyridine rings is 3. The molecule has 204 valence electrons. The summed E-state index contributed by atoms with van der Waals surface area (Å²) in [6.45, 7) is 0. The fourth-order valence-corrected chi connectivity index (χ4v) is 5.65. The van der Waals surface area contributed by atoms with E-state index in [1.807, 2.05) is 18.2 Å². The molecule has 3 N–H and O–H groups in total. The third-order valence-corrected chi connectivity index (χ3v) is 7.73. The lowest BCUT2D eigenvalue weighted by Gasteiger charge is -2.20. The quantitative estimate of drug-likeness (QED) is 0.214. The van der Waals surface area contributed by atoms with Crippen LogP contribution in [0.2, 0.25) is 0 Å². The van der Waals surface area contributed by atoms with Gasteiger partial charge in [-0.25, -0.2) is 14.4 Å². The van der Waals surface area contributed by atoms with Gasteiger partial charge in [0, 0.05) is 35.3 Å². The Bertz CT molecular complexity index is 1870. The van der Waals surface area contributed by atoms with E-state index in [0.717, 1.165) is 40.4 Å². The SMILES string of the molecule is O=C(CC1CCCCC1)Nc1cncc(-c2cc3c(-c4nc5c(-c6ccc(F)cc6)ccnc5[nH]4)n[nH]c3cn2)c1. The largest absolute Gasteiger partial charge is 0.325 e. The van der Waals surface area contributed by atoms with Crippen molar-refractivity contribution in [2.24, 2.45) is 5.92 Å². The van der Waals surface area contributed by atoms with Crippen molar-refractivity contribution in [3.8, 4) is 33.9 Å². The van der Waals surface area contributed by atoms with Gasteiger partial charge in [0.1, 0.15) is 17.0 Å². The maximum absolute atomic E-state index is 13.5. The van der Waals surface area contributed by atoms with Gasteiger partial charge in [-0.05, 0) is 54.7 Å². The first-order valence-electron chi connectivity index (χ1n) is 13.8. The third-order valence-electron chi connectivity index (χ3n) is 7.73. The summed E-state index contributed by atoms with van der Waals surface area (Å²) >= 11 is 0. The number of imidazole rings is 1. The van der Waals surface area contributed by atoms with Crippen LogP contribution in [0.1, 0.15) is 38.5 Å². The molecule has 0 atom stereocenters. The molecule has 1 saturated carbocycles. The average molecular weight is 547 g/mol. The molecule has 0 saturated heterocycles. The first-order valence-corrected chi connectivity index (χ1v) is 13.8. The molecule has 6 aromatic rings. The van der Waals surface area contributed by atoms with Crippen LogP contribution in [0.25, 0.3) is 56.0 Å². The lowest BCUT2D eigenvalue weighted by atomic mass is 9.87. The first kappa shape index (κ1) is 25.0. The Morgan fingerprint density at radius 2 is 1.83 bits per heavy atom. The molecule has 0 aliphatic heterocycles. The number of hydrogen-bond donors (Lipinski definition) is 3. The van der Waals surface area contributed by atoms with E-state index < -0.39 is 0 Å². The van der Waals surface area contributed by atoms with E-state index in [1.54, 1.807) is 36.9 Å². The molecule has 1 amide bonds. The molecule has 41 heavy (non-hydrogen) atoms. The summed E-state index contributed by atoms with van der Waals surface area (Å²) in [5.74, 6) is 0.739. The average Bonchev–Trinajstić information content (AvgIpc) is 3.62. The van der Waals surface area contributed by atoms with Gasteiger partial charge in [0.2, 0.25) is 5.91 Å². The Kier molecular flexibility index (Phi) is 6.42. The van der Waals surface area contributed by atoms with Crippen molar-refractivity contribution in [1.29, 1.82) is 0 Å². The summed E-state index contributed by atoms with van der Waals surface area (Å²) in [6.07, 6.45) is 13.3. The molecular formula is C31H27FN8O. The van der Waals surface area contributed by atoms with Crippen LogP contribution >= 0.6 is 0 Å². The summed E-state index contributed by atoms with van der Waals surface area (Å²) < 4.78 is 13.5. The number of carbonyl (C=O) groups excluding carboxylic acids is 1. The molecule has 1 fully saturated rings. The molecule has 1 aromatic carbocycles. The molecule has 0 bridgehead atoms. The molecule has 5 aromatic heterocycles. The second-order valence-corrected chi connectivity index (χ2v) is 10.6. The van der Waals surface area contributed by atoms with E-state index in [2.05, 4.69) is 35.5 Å². The lowest BCUT2D eigenvalue weighted by Crippen LogP contribution is -2.18. The van der Waals surface area contributed by atoms with Gasteiger partial charge in [-0.3, -0.25) is 19.9 Å². The smallest absolute Gasteiger partial charge is 0.224 e. The first-order chi connectivity index (χ1) is 20.1. The van der Waals surface area contributed by atoms with Gasteiger partial charge >= 0.3 is 0 Å². The molecular weight excluding hydrogens is 519 g/mol. The molecule has 0 radical (unpaired) electrons.